The van der Waals surface area contributed by atoms with Crippen LogP contribution in [-0.2, 0) is 9.53 Å². The first-order valence-corrected chi connectivity index (χ1v) is 8.68. The molecule has 3 rings (SSSR count). The molecule has 3 N–H and O–H groups in total. The van der Waals surface area contributed by atoms with Crippen molar-refractivity contribution in [2.24, 2.45) is 0 Å². The normalized spacial score (nSPS) is 18.1. The molecule has 10 heteroatoms. The first kappa shape index (κ1) is 19.0. The lowest BCUT2D eigenvalue weighted by molar-refractivity contribution is -0.135. The van der Waals surface area contributed by atoms with Crippen LogP contribution in [0.25, 0.3) is 10.8 Å². The molecule has 1 amide bonds. The smallest absolute Gasteiger partial charge is 0.329 e. The highest BCUT2D eigenvalue weighted by Gasteiger charge is 2.28. The third-order valence-electron chi connectivity index (χ3n) is 3.49. The number of pyridine rings is 1. The predicted molar refractivity (Wildman–Crippen MR) is 100 cm³/mol. The van der Waals surface area contributed by atoms with Gasteiger partial charge in [-0.05, 0) is 24.3 Å². The summed E-state index contributed by atoms with van der Waals surface area (Å²) in [6, 6.07) is 4.63. The van der Waals surface area contributed by atoms with Crippen molar-refractivity contribution in [1.29, 1.82) is 0 Å². The minimum Gasteiger partial charge on any atom is -0.505 e. The average molecular weight is 456 g/mol. The van der Waals surface area contributed by atoms with Gasteiger partial charge < -0.3 is 25.0 Å². The van der Waals surface area contributed by atoms with Gasteiger partial charge in [0.25, 0.3) is 5.91 Å². The molecule has 0 spiro atoms. The van der Waals surface area contributed by atoms with E-state index >= 15 is 0 Å². The largest absolute Gasteiger partial charge is 0.505 e. The van der Waals surface area contributed by atoms with E-state index in [1.165, 1.54) is 12.3 Å². The lowest BCUT2D eigenvalue weighted by Gasteiger charge is -2.26. The molecule has 140 valence electrons. The van der Waals surface area contributed by atoms with Crippen LogP contribution >= 0.6 is 27.5 Å². The molecular weight excluding hydrogens is 444 g/mol. The lowest BCUT2D eigenvalue weighted by atomic mass is 10.1. The third-order valence-corrected chi connectivity index (χ3v) is 4.39. The molecule has 8 nitrogen and oxygen atoms in total. The molecule has 1 unspecified atom stereocenters. The maximum atomic E-state index is 12.1. The number of aromatic hydroxyl groups is 1. The third kappa shape index (κ3) is 4.15. The molecule has 1 aliphatic heterocycles. The van der Waals surface area contributed by atoms with E-state index in [2.05, 4.69) is 26.2 Å². The van der Waals surface area contributed by atoms with Gasteiger partial charge in [-0.2, -0.15) is 0 Å². The fourth-order valence-corrected chi connectivity index (χ4v) is 3.00. The number of rotatable bonds is 5. The lowest BCUT2D eigenvalue weighted by Crippen LogP contribution is -2.30. The first-order valence-electron chi connectivity index (χ1n) is 7.51. The Labute approximate surface area is 166 Å². The van der Waals surface area contributed by atoms with E-state index in [9.17, 15) is 14.7 Å². The van der Waals surface area contributed by atoms with Crippen molar-refractivity contribution in [3.63, 3.8) is 0 Å². The predicted octanol–water partition coefficient (Wildman–Crippen LogP) is 2.94. The van der Waals surface area contributed by atoms with E-state index < -0.39 is 34.6 Å². The van der Waals surface area contributed by atoms with E-state index in [1.54, 1.807) is 30.4 Å². The van der Waals surface area contributed by atoms with Crippen molar-refractivity contribution < 1.29 is 29.3 Å². The van der Waals surface area contributed by atoms with Crippen LogP contribution in [0.4, 0.5) is 0 Å². The monoisotopic (exact) mass is 454 g/mol. The molecule has 0 radical (unpaired) electrons. The summed E-state index contributed by atoms with van der Waals surface area (Å²) in [5.41, 5.74) is -0.392. The van der Waals surface area contributed by atoms with Gasteiger partial charge in [0, 0.05) is 32.8 Å². The van der Waals surface area contributed by atoms with Gasteiger partial charge in [-0.1, -0.05) is 17.7 Å². The van der Waals surface area contributed by atoms with Gasteiger partial charge in [-0.25, -0.2) is 4.98 Å². The topological polar surface area (TPSA) is 118 Å². The number of carboxylic acid groups (broad SMARTS) is 1. The summed E-state index contributed by atoms with van der Waals surface area (Å²) in [6.45, 7) is -0.623. The van der Waals surface area contributed by atoms with Gasteiger partial charge in [0.2, 0.25) is 0 Å². The number of carbonyl (C=O) groups is 2. The van der Waals surface area contributed by atoms with Crippen LogP contribution in [0.1, 0.15) is 10.5 Å². The van der Waals surface area contributed by atoms with Crippen LogP contribution in [0.15, 0.2) is 42.7 Å². The fraction of sp³-hybridized carbons (Fsp3) is 0.118. The summed E-state index contributed by atoms with van der Waals surface area (Å²) in [5.74, 6) is -2.24. The van der Waals surface area contributed by atoms with Crippen molar-refractivity contribution in [3.8, 4) is 11.5 Å². The Morgan fingerprint density at radius 2 is 2.11 bits per heavy atom. The number of allylic oxidation sites excluding steroid dienone is 2. The molecule has 1 atom stereocenters. The van der Waals surface area contributed by atoms with Crippen molar-refractivity contribution in [1.82, 2.24) is 10.3 Å². The Bertz CT molecular complexity index is 993. The zero-order valence-electron chi connectivity index (χ0n) is 13.5. The minimum absolute atomic E-state index is 0.0277. The summed E-state index contributed by atoms with van der Waals surface area (Å²) in [4.78, 5) is 26.5. The number of hydrogen-bond acceptors (Lipinski definition) is 6. The van der Waals surface area contributed by atoms with E-state index in [4.69, 9.17) is 26.2 Å². The molecule has 1 aromatic carbocycles. The summed E-state index contributed by atoms with van der Waals surface area (Å²) in [7, 11) is 0. The second-order valence-corrected chi connectivity index (χ2v) is 6.84. The van der Waals surface area contributed by atoms with Crippen molar-refractivity contribution >= 4 is 50.2 Å². The standard InChI is InChI=1S/C17H12BrClN2O6/c18-17(5-1-2-6-26-17)27-9-3-4-10-11(7-9)14(24)13(21-15(10)19)16(25)20-8-12(22)23/h1-7,24H,8H2,(H,20,25)(H,22,23). The summed E-state index contributed by atoms with van der Waals surface area (Å²) in [6.07, 6.45) is 6.48. The van der Waals surface area contributed by atoms with Crippen LogP contribution in [-0.4, -0.2) is 38.3 Å². The number of amides is 1. The average Bonchev–Trinajstić information content (AvgIpc) is 2.63. The van der Waals surface area contributed by atoms with Crippen molar-refractivity contribution in [2.45, 2.75) is 4.70 Å². The number of benzene rings is 1. The Morgan fingerprint density at radius 1 is 1.33 bits per heavy atom. The second-order valence-electron chi connectivity index (χ2n) is 5.37. The molecule has 1 aliphatic rings. The number of aliphatic carboxylic acids is 1. The van der Waals surface area contributed by atoms with Crippen LogP contribution < -0.4 is 10.1 Å². The van der Waals surface area contributed by atoms with Crippen molar-refractivity contribution in [3.05, 3.63) is 53.5 Å². The maximum Gasteiger partial charge on any atom is 0.329 e. The highest BCUT2D eigenvalue weighted by Crippen LogP contribution is 2.37. The Kier molecular flexibility index (Phi) is 5.24. The zero-order chi connectivity index (χ0) is 19.6. The molecule has 0 aliphatic carbocycles. The SMILES string of the molecule is O=C(O)CNC(=O)c1nc(Cl)c2ccc(OC3(Br)C=CC=CO3)cc2c1O. The highest BCUT2D eigenvalue weighted by molar-refractivity contribution is 9.10. The highest BCUT2D eigenvalue weighted by atomic mass is 79.9. The first-order chi connectivity index (χ1) is 12.8. The van der Waals surface area contributed by atoms with Gasteiger partial charge in [-0.3, -0.25) is 9.59 Å². The number of carboxylic acids is 1. The second kappa shape index (κ2) is 7.45. The molecule has 0 fully saturated rings. The molecule has 0 bridgehead atoms. The number of nitrogens with one attached hydrogen (secondary N) is 1. The van der Waals surface area contributed by atoms with Crippen molar-refractivity contribution in [2.75, 3.05) is 6.54 Å². The van der Waals surface area contributed by atoms with E-state index in [0.29, 0.717) is 11.1 Å². The zero-order valence-corrected chi connectivity index (χ0v) is 15.8. The Morgan fingerprint density at radius 3 is 2.78 bits per heavy atom. The molecule has 2 heterocycles. The molecule has 1 aromatic heterocycles. The van der Waals surface area contributed by atoms with Crippen LogP contribution in [0.2, 0.25) is 5.15 Å². The summed E-state index contributed by atoms with van der Waals surface area (Å²) in [5, 5.41) is 21.8. The summed E-state index contributed by atoms with van der Waals surface area (Å²) >= 11 is 9.40. The quantitative estimate of drug-likeness (QED) is 0.468. The van der Waals surface area contributed by atoms with E-state index in [0.717, 1.165) is 0 Å². The summed E-state index contributed by atoms with van der Waals surface area (Å²) < 4.78 is 9.87. The molecular formula is C17H12BrClN2O6. The minimum atomic E-state index is -1.23. The molecule has 0 saturated heterocycles. The molecule has 0 saturated carbocycles. The number of ether oxygens (including phenoxy) is 2. The molecule has 27 heavy (non-hydrogen) atoms. The number of carbonyl (C=O) groups excluding carboxylic acids is 1. The number of halogens is 2. The van der Waals surface area contributed by atoms with Gasteiger partial charge in [0.1, 0.15) is 17.4 Å². The number of hydrogen-bond donors (Lipinski definition) is 3. The Balaban J connectivity index is 1.98. The van der Waals surface area contributed by atoms with Crippen LogP contribution in [0.3, 0.4) is 0 Å². The van der Waals surface area contributed by atoms with Crippen LogP contribution in [0.5, 0.6) is 11.5 Å². The van der Waals surface area contributed by atoms with Gasteiger partial charge in [0.15, 0.2) is 11.4 Å². The number of fused-ring (bicyclic) bond motifs is 1. The van der Waals surface area contributed by atoms with E-state index in [1.807, 2.05) is 0 Å². The van der Waals surface area contributed by atoms with E-state index in [-0.39, 0.29) is 10.5 Å². The van der Waals surface area contributed by atoms with Crippen LogP contribution in [0, 0.1) is 0 Å². The maximum absolute atomic E-state index is 12.1. The number of nitrogens with zero attached hydrogens (tertiary/aromatic N) is 1. The van der Waals surface area contributed by atoms with Gasteiger partial charge >= 0.3 is 10.7 Å². The number of alkyl halides is 1. The Hall–Kier alpha value is -2.78. The fourth-order valence-electron chi connectivity index (χ4n) is 2.31. The van der Waals surface area contributed by atoms with Gasteiger partial charge in [-0.15, -0.1) is 0 Å². The number of aromatic nitrogens is 1. The molecule has 2 aromatic rings. The van der Waals surface area contributed by atoms with Gasteiger partial charge in [0.05, 0.1) is 6.26 Å².